The van der Waals surface area contributed by atoms with Gasteiger partial charge in [-0.05, 0) is 24.5 Å². The first-order valence-electron chi connectivity index (χ1n) is 6.19. The number of nitriles is 1. The minimum absolute atomic E-state index is 0.200. The van der Waals surface area contributed by atoms with Crippen molar-refractivity contribution >= 4 is 5.69 Å². The summed E-state index contributed by atoms with van der Waals surface area (Å²) < 4.78 is 5.38. The van der Waals surface area contributed by atoms with Crippen molar-refractivity contribution in [1.29, 1.82) is 5.26 Å². The van der Waals surface area contributed by atoms with Gasteiger partial charge in [0.2, 0.25) is 0 Å². The average molecular weight is 228 g/mol. The Morgan fingerprint density at radius 2 is 1.88 bits per heavy atom. The molecule has 0 unspecified atom stereocenters. The molecule has 0 N–H and O–H groups in total. The first kappa shape index (κ1) is 10.6. The number of ether oxygens (including phenoxy) is 1. The summed E-state index contributed by atoms with van der Waals surface area (Å²) in [6, 6.07) is 10.8. The molecule has 0 radical (unpaired) electrons. The van der Waals surface area contributed by atoms with Crippen LogP contribution in [0.4, 0.5) is 5.69 Å². The molecule has 1 saturated carbocycles. The van der Waals surface area contributed by atoms with E-state index in [1.807, 2.05) is 6.07 Å². The molecule has 1 saturated heterocycles. The Hall–Kier alpha value is -1.53. The molecule has 1 heterocycles. The third-order valence-corrected chi connectivity index (χ3v) is 3.74. The molecule has 2 aliphatic rings. The summed E-state index contributed by atoms with van der Waals surface area (Å²) in [7, 11) is 0. The fourth-order valence-corrected chi connectivity index (χ4v) is 2.52. The van der Waals surface area contributed by atoms with E-state index in [2.05, 4.69) is 29.2 Å². The van der Waals surface area contributed by atoms with Crippen molar-refractivity contribution in [3.8, 4) is 6.07 Å². The second-order valence-corrected chi connectivity index (χ2v) is 4.81. The van der Waals surface area contributed by atoms with Gasteiger partial charge in [0.25, 0.3) is 0 Å². The number of nitrogens with zero attached hydrogens (tertiary/aromatic N) is 2. The van der Waals surface area contributed by atoms with Crippen LogP contribution in [-0.2, 0) is 10.2 Å². The molecule has 3 heteroatoms. The zero-order chi connectivity index (χ0) is 11.7. The average Bonchev–Trinajstić information content (AvgIpc) is 3.21. The summed E-state index contributed by atoms with van der Waals surface area (Å²) in [6.45, 7) is 3.43. The first-order valence-corrected chi connectivity index (χ1v) is 6.19. The predicted octanol–water partition coefficient (Wildman–Crippen LogP) is 2.08. The van der Waals surface area contributed by atoms with Crippen molar-refractivity contribution in [2.24, 2.45) is 0 Å². The predicted molar refractivity (Wildman–Crippen MR) is 66.0 cm³/mol. The SMILES string of the molecule is N#CC1(c2ccccc2N2CCOCC2)CC1. The van der Waals surface area contributed by atoms with Gasteiger partial charge in [-0.1, -0.05) is 18.2 Å². The van der Waals surface area contributed by atoms with Gasteiger partial charge < -0.3 is 9.64 Å². The van der Waals surface area contributed by atoms with E-state index < -0.39 is 0 Å². The van der Waals surface area contributed by atoms with Crippen LogP contribution in [0, 0.1) is 11.3 Å². The standard InChI is InChI=1S/C14H16N2O/c15-11-14(5-6-14)12-3-1-2-4-13(12)16-7-9-17-10-8-16/h1-4H,5-10H2. The number of hydrogen-bond donors (Lipinski definition) is 0. The van der Waals surface area contributed by atoms with Gasteiger partial charge in [0.15, 0.2) is 0 Å². The second kappa shape index (κ2) is 4.05. The van der Waals surface area contributed by atoms with Gasteiger partial charge in [0.05, 0.1) is 24.7 Å². The van der Waals surface area contributed by atoms with E-state index >= 15 is 0 Å². The largest absolute Gasteiger partial charge is 0.378 e. The highest BCUT2D eigenvalue weighted by molar-refractivity contribution is 5.61. The summed E-state index contributed by atoms with van der Waals surface area (Å²) in [4.78, 5) is 2.34. The fourth-order valence-electron chi connectivity index (χ4n) is 2.52. The van der Waals surface area contributed by atoms with E-state index in [1.54, 1.807) is 0 Å². The Balaban J connectivity index is 1.96. The van der Waals surface area contributed by atoms with Crippen LogP contribution in [0.5, 0.6) is 0 Å². The van der Waals surface area contributed by atoms with E-state index in [0.29, 0.717) is 0 Å². The van der Waals surface area contributed by atoms with Gasteiger partial charge >= 0.3 is 0 Å². The topological polar surface area (TPSA) is 36.3 Å². The van der Waals surface area contributed by atoms with Crippen LogP contribution in [0.1, 0.15) is 18.4 Å². The number of hydrogen-bond acceptors (Lipinski definition) is 3. The molecule has 1 aliphatic heterocycles. The highest BCUT2D eigenvalue weighted by atomic mass is 16.5. The maximum absolute atomic E-state index is 9.34. The molecule has 0 aromatic heterocycles. The number of morpholine rings is 1. The normalized spacial score (nSPS) is 21.9. The molecule has 0 atom stereocenters. The molecule has 3 nitrogen and oxygen atoms in total. The summed E-state index contributed by atoms with van der Waals surface area (Å²) in [5.41, 5.74) is 2.24. The molecule has 1 aromatic carbocycles. The number of para-hydroxylation sites is 1. The van der Waals surface area contributed by atoms with Crippen LogP contribution in [0.15, 0.2) is 24.3 Å². The van der Waals surface area contributed by atoms with Gasteiger partial charge in [-0.2, -0.15) is 5.26 Å². The maximum Gasteiger partial charge on any atom is 0.0843 e. The van der Waals surface area contributed by atoms with E-state index in [9.17, 15) is 5.26 Å². The van der Waals surface area contributed by atoms with Crippen LogP contribution in [0.2, 0.25) is 0 Å². The molecule has 0 spiro atoms. The molecule has 1 aliphatic carbocycles. The molecule has 1 aromatic rings. The number of anilines is 1. The summed E-state index contributed by atoms with van der Waals surface area (Å²) in [5.74, 6) is 0. The molecular weight excluding hydrogens is 212 g/mol. The smallest absolute Gasteiger partial charge is 0.0843 e. The maximum atomic E-state index is 9.34. The summed E-state index contributed by atoms with van der Waals surface area (Å²) >= 11 is 0. The lowest BCUT2D eigenvalue weighted by Gasteiger charge is -2.31. The Morgan fingerprint density at radius 1 is 1.18 bits per heavy atom. The van der Waals surface area contributed by atoms with Crippen LogP contribution in [-0.4, -0.2) is 26.3 Å². The Morgan fingerprint density at radius 3 is 2.53 bits per heavy atom. The molecule has 17 heavy (non-hydrogen) atoms. The highest BCUT2D eigenvalue weighted by Crippen LogP contribution is 2.50. The Kier molecular flexibility index (Phi) is 2.53. The monoisotopic (exact) mass is 228 g/mol. The van der Waals surface area contributed by atoms with Crippen LogP contribution in [0.3, 0.4) is 0 Å². The van der Waals surface area contributed by atoms with Gasteiger partial charge in [0, 0.05) is 18.8 Å². The first-order chi connectivity index (χ1) is 8.36. The lowest BCUT2D eigenvalue weighted by atomic mass is 9.95. The fraction of sp³-hybridized carbons (Fsp3) is 0.500. The van der Waals surface area contributed by atoms with Gasteiger partial charge in [0.1, 0.15) is 0 Å². The minimum atomic E-state index is -0.200. The number of benzene rings is 1. The third-order valence-electron chi connectivity index (χ3n) is 3.74. The van der Waals surface area contributed by atoms with E-state index in [1.165, 1.54) is 11.3 Å². The summed E-state index contributed by atoms with van der Waals surface area (Å²) in [6.07, 6.45) is 2.01. The van der Waals surface area contributed by atoms with E-state index in [4.69, 9.17) is 4.74 Å². The molecular formula is C14H16N2O. The molecule has 3 rings (SSSR count). The number of rotatable bonds is 2. The van der Waals surface area contributed by atoms with Crippen molar-refractivity contribution in [2.45, 2.75) is 18.3 Å². The third kappa shape index (κ3) is 1.79. The van der Waals surface area contributed by atoms with Crippen molar-refractivity contribution < 1.29 is 4.74 Å². The summed E-state index contributed by atoms with van der Waals surface area (Å²) in [5, 5.41) is 9.34. The molecule has 0 bridgehead atoms. The van der Waals surface area contributed by atoms with Crippen molar-refractivity contribution in [2.75, 3.05) is 31.2 Å². The highest BCUT2D eigenvalue weighted by Gasteiger charge is 2.46. The van der Waals surface area contributed by atoms with E-state index in [0.717, 1.165) is 39.1 Å². The van der Waals surface area contributed by atoms with Gasteiger partial charge in [-0.3, -0.25) is 0 Å². The van der Waals surface area contributed by atoms with Crippen molar-refractivity contribution in [1.82, 2.24) is 0 Å². The van der Waals surface area contributed by atoms with Crippen LogP contribution >= 0.6 is 0 Å². The second-order valence-electron chi connectivity index (χ2n) is 4.81. The van der Waals surface area contributed by atoms with Crippen LogP contribution in [0.25, 0.3) is 0 Å². The van der Waals surface area contributed by atoms with Crippen molar-refractivity contribution in [3.63, 3.8) is 0 Å². The minimum Gasteiger partial charge on any atom is -0.378 e. The van der Waals surface area contributed by atoms with Gasteiger partial charge in [-0.15, -0.1) is 0 Å². The van der Waals surface area contributed by atoms with Crippen LogP contribution < -0.4 is 4.90 Å². The zero-order valence-corrected chi connectivity index (χ0v) is 9.85. The lowest BCUT2D eigenvalue weighted by molar-refractivity contribution is 0.122. The lowest BCUT2D eigenvalue weighted by Crippen LogP contribution is -2.37. The zero-order valence-electron chi connectivity index (χ0n) is 9.85. The molecule has 88 valence electrons. The molecule has 0 amide bonds. The van der Waals surface area contributed by atoms with Gasteiger partial charge in [-0.25, -0.2) is 0 Å². The quantitative estimate of drug-likeness (QED) is 0.777. The Bertz CT molecular complexity index is 454. The Labute approximate surface area is 102 Å². The van der Waals surface area contributed by atoms with Crippen molar-refractivity contribution in [3.05, 3.63) is 29.8 Å². The van der Waals surface area contributed by atoms with E-state index in [-0.39, 0.29) is 5.41 Å². The molecule has 2 fully saturated rings.